The molecule has 0 amide bonds. The predicted octanol–water partition coefficient (Wildman–Crippen LogP) is 2.54. The lowest BCUT2D eigenvalue weighted by Gasteiger charge is -2.14. The summed E-state index contributed by atoms with van der Waals surface area (Å²) in [5.74, 6) is 0.639. The summed E-state index contributed by atoms with van der Waals surface area (Å²) in [4.78, 5) is 8.48. The van der Waals surface area contributed by atoms with Crippen molar-refractivity contribution in [2.45, 2.75) is 19.9 Å². The normalized spacial score (nSPS) is 12.1. The zero-order valence-corrected chi connectivity index (χ0v) is 10.0. The highest BCUT2D eigenvalue weighted by atomic mass is 15.1. The van der Waals surface area contributed by atoms with Crippen LogP contribution in [0.2, 0.25) is 0 Å². The molecule has 0 aliphatic rings. The topological polar surface area (TPSA) is 63.8 Å². The van der Waals surface area contributed by atoms with Crippen molar-refractivity contribution in [2.75, 3.05) is 11.1 Å². The summed E-state index contributed by atoms with van der Waals surface area (Å²) in [6.07, 6.45) is 1.75. The highest BCUT2D eigenvalue weighted by molar-refractivity contribution is 5.43. The summed E-state index contributed by atoms with van der Waals surface area (Å²) in [6, 6.07) is 9.80. The molecule has 1 aromatic carbocycles. The SMILES string of the molecule is Cc1ccnc(NC(C)c2cccc(N)c2)n1. The van der Waals surface area contributed by atoms with Gasteiger partial charge in [-0.1, -0.05) is 12.1 Å². The van der Waals surface area contributed by atoms with Crippen LogP contribution in [0.3, 0.4) is 0 Å². The average molecular weight is 228 g/mol. The summed E-state index contributed by atoms with van der Waals surface area (Å²) < 4.78 is 0. The van der Waals surface area contributed by atoms with Crippen LogP contribution >= 0.6 is 0 Å². The number of rotatable bonds is 3. The van der Waals surface area contributed by atoms with Gasteiger partial charge in [-0.2, -0.15) is 0 Å². The lowest BCUT2D eigenvalue weighted by Crippen LogP contribution is -2.09. The van der Waals surface area contributed by atoms with Crippen molar-refractivity contribution in [3.05, 3.63) is 47.8 Å². The van der Waals surface area contributed by atoms with E-state index >= 15 is 0 Å². The van der Waals surface area contributed by atoms with E-state index in [1.807, 2.05) is 37.3 Å². The van der Waals surface area contributed by atoms with Gasteiger partial charge in [-0.15, -0.1) is 0 Å². The largest absolute Gasteiger partial charge is 0.399 e. The molecule has 0 saturated heterocycles. The fourth-order valence-electron chi connectivity index (χ4n) is 1.62. The van der Waals surface area contributed by atoms with Crippen LogP contribution in [0.5, 0.6) is 0 Å². The van der Waals surface area contributed by atoms with E-state index in [9.17, 15) is 0 Å². The number of anilines is 2. The summed E-state index contributed by atoms with van der Waals surface area (Å²) in [5, 5.41) is 3.25. The second kappa shape index (κ2) is 4.82. The van der Waals surface area contributed by atoms with Gasteiger partial charge in [-0.3, -0.25) is 0 Å². The molecule has 2 aromatic rings. The number of nitrogen functional groups attached to an aromatic ring is 1. The minimum absolute atomic E-state index is 0.125. The molecule has 0 fully saturated rings. The van der Waals surface area contributed by atoms with E-state index in [4.69, 9.17) is 5.73 Å². The standard InChI is InChI=1S/C13H16N4/c1-9-6-7-15-13(16-9)17-10(2)11-4-3-5-12(14)8-11/h3-8,10H,14H2,1-2H3,(H,15,16,17). The third kappa shape index (κ3) is 2.93. The number of benzene rings is 1. The molecule has 4 nitrogen and oxygen atoms in total. The summed E-state index contributed by atoms with van der Waals surface area (Å²) in [7, 11) is 0. The number of nitrogens with two attached hydrogens (primary N) is 1. The van der Waals surface area contributed by atoms with Gasteiger partial charge in [-0.25, -0.2) is 9.97 Å². The maximum atomic E-state index is 5.75. The van der Waals surface area contributed by atoms with E-state index in [-0.39, 0.29) is 6.04 Å². The van der Waals surface area contributed by atoms with E-state index in [0.29, 0.717) is 5.95 Å². The van der Waals surface area contributed by atoms with Crippen molar-refractivity contribution in [1.82, 2.24) is 9.97 Å². The first-order chi connectivity index (χ1) is 8.15. The first kappa shape index (κ1) is 11.4. The van der Waals surface area contributed by atoms with Gasteiger partial charge in [0.25, 0.3) is 0 Å². The second-order valence-corrected chi connectivity index (χ2v) is 4.06. The molecule has 0 spiro atoms. The number of hydrogen-bond donors (Lipinski definition) is 2. The Bertz CT molecular complexity index is 510. The molecule has 4 heteroatoms. The number of aromatic nitrogens is 2. The molecule has 17 heavy (non-hydrogen) atoms. The number of aryl methyl sites for hydroxylation is 1. The van der Waals surface area contributed by atoms with Crippen molar-refractivity contribution < 1.29 is 0 Å². The van der Waals surface area contributed by atoms with Crippen molar-refractivity contribution in [3.8, 4) is 0 Å². The Labute approximate surface area is 101 Å². The number of nitrogens with one attached hydrogen (secondary N) is 1. The molecule has 1 heterocycles. The van der Waals surface area contributed by atoms with E-state index in [1.165, 1.54) is 0 Å². The molecule has 1 atom stereocenters. The Balaban J connectivity index is 2.14. The average Bonchev–Trinajstić information content (AvgIpc) is 2.29. The lowest BCUT2D eigenvalue weighted by atomic mass is 10.1. The van der Waals surface area contributed by atoms with Gasteiger partial charge in [0.05, 0.1) is 6.04 Å². The monoisotopic (exact) mass is 228 g/mol. The minimum Gasteiger partial charge on any atom is -0.399 e. The van der Waals surface area contributed by atoms with Crippen LogP contribution in [-0.2, 0) is 0 Å². The molecule has 1 aromatic heterocycles. The molecule has 1 unspecified atom stereocenters. The molecule has 88 valence electrons. The van der Waals surface area contributed by atoms with Gasteiger partial charge < -0.3 is 11.1 Å². The van der Waals surface area contributed by atoms with Gasteiger partial charge in [0.1, 0.15) is 0 Å². The van der Waals surface area contributed by atoms with Crippen LogP contribution in [0.4, 0.5) is 11.6 Å². The molecular formula is C13H16N4. The minimum atomic E-state index is 0.125. The van der Waals surface area contributed by atoms with E-state index < -0.39 is 0 Å². The Hall–Kier alpha value is -2.10. The van der Waals surface area contributed by atoms with Crippen molar-refractivity contribution in [2.24, 2.45) is 0 Å². The van der Waals surface area contributed by atoms with Crippen LogP contribution in [-0.4, -0.2) is 9.97 Å². The Morgan fingerprint density at radius 3 is 2.82 bits per heavy atom. The number of nitrogens with zero attached hydrogens (tertiary/aromatic N) is 2. The van der Waals surface area contributed by atoms with Crippen molar-refractivity contribution >= 4 is 11.6 Å². The zero-order chi connectivity index (χ0) is 12.3. The fourth-order valence-corrected chi connectivity index (χ4v) is 1.62. The fraction of sp³-hybridized carbons (Fsp3) is 0.231. The third-order valence-corrected chi connectivity index (χ3v) is 2.55. The molecular weight excluding hydrogens is 212 g/mol. The summed E-state index contributed by atoms with van der Waals surface area (Å²) in [6.45, 7) is 4.00. The Morgan fingerprint density at radius 1 is 1.29 bits per heavy atom. The quantitative estimate of drug-likeness (QED) is 0.792. The molecule has 0 radical (unpaired) electrons. The van der Waals surface area contributed by atoms with Crippen LogP contribution in [0.1, 0.15) is 24.2 Å². The predicted molar refractivity (Wildman–Crippen MR) is 69.7 cm³/mol. The van der Waals surface area contributed by atoms with Crippen LogP contribution in [0.15, 0.2) is 36.5 Å². The van der Waals surface area contributed by atoms with Crippen molar-refractivity contribution in [1.29, 1.82) is 0 Å². The van der Waals surface area contributed by atoms with Crippen LogP contribution < -0.4 is 11.1 Å². The van der Waals surface area contributed by atoms with Gasteiger partial charge in [-0.05, 0) is 37.6 Å². The summed E-state index contributed by atoms with van der Waals surface area (Å²) >= 11 is 0. The Morgan fingerprint density at radius 2 is 2.12 bits per heavy atom. The van der Waals surface area contributed by atoms with Gasteiger partial charge >= 0.3 is 0 Å². The van der Waals surface area contributed by atoms with Crippen LogP contribution in [0, 0.1) is 6.92 Å². The maximum absolute atomic E-state index is 5.75. The Kier molecular flexibility index (Phi) is 3.23. The lowest BCUT2D eigenvalue weighted by molar-refractivity contribution is 0.857. The molecule has 3 N–H and O–H groups in total. The van der Waals surface area contributed by atoms with Gasteiger partial charge in [0, 0.05) is 17.6 Å². The highest BCUT2D eigenvalue weighted by Crippen LogP contribution is 2.18. The van der Waals surface area contributed by atoms with Crippen LogP contribution in [0.25, 0.3) is 0 Å². The second-order valence-electron chi connectivity index (χ2n) is 4.06. The van der Waals surface area contributed by atoms with Crippen molar-refractivity contribution in [3.63, 3.8) is 0 Å². The number of hydrogen-bond acceptors (Lipinski definition) is 4. The van der Waals surface area contributed by atoms with Gasteiger partial charge in [0.15, 0.2) is 0 Å². The maximum Gasteiger partial charge on any atom is 0.223 e. The smallest absolute Gasteiger partial charge is 0.223 e. The van der Waals surface area contributed by atoms with E-state index in [0.717, 1.165) is 16.9 Å². The first-order valence-electron chi connectivity index (χ1n) is 5.57. The molecule has 2 rings (SSSR count). The molecule has 0 aliphatic carbocycles. The molecule has 0 aliphatic heterocycles. The third-order valence-electron chi connectivity index (χ3n) is 2.55. The highest BCUT2D eigenvalue weighted by Gasteiger charge is 2.06. The van der Waals surface area contributed by atoms with E-state index in [1.54, 1.807) is 6.20 Å². The zero-order valence-electron chi connectivity index (χ0n) is 10.0. The summed E-state index contributed by atoms with van der Waals surface area (Å²) in [5.41, 5.74) is 8.59. The molecule has 0 bridgehead atoms. The first-order valence-corrected chi connectivity index (χ1v) is 5.57. The molecule has 0 saturated carbocycles. The van der Waals surface area contributed by atoms with Gasteiger partial charge in [0.2, 0.25) is 5.95 Å². The van der Waals surface area contributed by atoms with E-state index in [2.05, 4.69) is 22.2 Å².